The Morgan fingerprint density at radius 2 is 2.10 bits per heavy atom. The summed E-state index contributed by atoms with van der Waals surface area (Å²) in [6.07, 6.45) is 4.62. The van der Waals surface area contributed by atoms with Crippen molar-refractivity contribution in [1.82, 2.24) is 5.16 Å². The zero-order chi connectivity index (χ0) is 20.4. The van der Waals surface area contributed by atoms with Gasteiger partial charge in [0.15, 0.2) is 5.82 Å². The first-order valence-electron chi connectivity index (χ1n) is 8.80. The van der Waals surface area contributed by atoms with E-state index in [4.69, 9.17) is 13.7 Å². The van der Waals surface area contributed by atoms with Crippen LogP contribution >= 0.6 is 15.9 Å². The van der Waals surface area contributed by atoms with Crippen LogP contribution in [0.4, 0.5) is 5.82 Å². The van der Waals surface area contributed by atoms with Crippen molar-refractivity contribution in [2.75, 3.05) is 12.4 Å². The van der Waals surface area contributed by atoms with Crippen LogP contribution in [0.25, 0.3) is 27.7 Å². The molecule has 4 aromatic rings. The number of ether oxygens (including phenoxy) is 1. The first-order chi connectivity index (χ1) is 14.0. The Kier molecular flexibility index (Phi) is 5.22. The first-order valence-corrected chi connectivity index (χ1v) is 9.59. The fourth-order valence-electron chi connectivity index (χ4n) is 3.13. The number of fused-ring (bicyclic) bond motifs is 1. The molecule has 6 nitrogen and oxygen atoms in total. The number of amides is 1. The van der Waals surface area contributed by atoms with E-state index in [-0.39, 0.29) is 5.91 Å². The molecule has 2 aromatic heterocycles. The van der Waals surface area contributed by atoms with Crippen molar-refractivity contribution in [2.24, 2.45) is 0 Å². The molecular weight excluding hydrogens is 436 g/mol. The van der Waals surface area contributed by atoms with Crippen LogP contribution in [0.3, 0.4) is 0 Å². The Bertz CT molecular complexity index is 1210. The van der Waals surface area contributed by atoms with E-state index in [0.29, 0.717) is 17.2 Å². The number of anilines is 1. The maximum atomic E-state index is 12.3. The third-order valence-electron chi connectivity index (χ3n) is 4.49. The minimum absolute atomic E-state index is 0.307. The Labute approximate surface area is 175 Å². The van der Waals surface area contributed by atoms with E-state index >= 15 is 0 Å². The maximum absolute atomic E-state index is 12.3. The topological polar surface area (TPSA) is 77.5 Å². The highest BCUT2D eigenvalue weighted by molar-refractivity contribution is 9.10. The molecule has 0 aliphatic carbocycles. The molecule has 1 N–H and O–H groups in total. The van der Waals surface area contributed by atoms with Gasteiger partial charge >= 0.3 is 0 Å². The van der Waals surface area contributed by atoms with Gasteiger partial charge in [0.25, 0.3) is 0 Å². The smallest absolute Gasteiger partial charge is 0.249 e. The Morgan fingerprint density at radius 3 is 2.83 bits per heavy atom. The van der Waals surface area contributed by atoms with Crippen molar-refractivity contribution in [1.29, 1.82) is 0 Å². The highest BCUT2D eigenvalue weighted by Gasteiger charge is 2.15. The van der Waals surface area contributed by atoms with E-state index in [9.17, 15) is 4.79 Å². The minimum Gasteiger partial charge on any atom is -0.496 e. The number of methoxy groups -OCH3 is 1. The molecule has 2 aromatic carbocycles. The lowest BCUT2D eigenvalue weighted by Gasteiger charge is -2.10. The highest BCUT2D eigenvalue weighted by atomic mass is 79.9. The molecule has 0 unspecified atom stereocenters. The molecule has 0 fully saturated rings. The van der Waals surface area contributed by atoms with Gasteiger partial charge in [0.05, 0.1) is 13.4 Å². The molecule has 0 spiro atoms. The number of hydrogen-bond donors (Lipinski definition) is 1. The predicted octanol–water partition coefficient (Wildman–Crippen LogP) is 5.90. The Hall–Kier alpha value is -3.32. The normalized spacial score (nSPS) is 11.6. The van der Waals surface area contributed by atoms with Crippen LogP contribution < -0.4 is 10.1 Å². The van der Waals surface area contributed by atoms with E-state index in [1.807, 2.05) is 43.3 Å². The molecule has 146 valence electrons. The summed E-state index contributed by atoms with van der Waals surface area (Å²) >= 11 is 3.51. The quantitative estimate of drug-likeness (QED) is 0.381. The van der Waals surface area contributed by atoms with Gasteiger partial charge in [-0.25, -0.2) is 0 Å². The van der Waals surface area contributed by atoms with Crippen LogP contribution in [0.1, 0.15) is 12.5 Å². The number of allylic oxidation sites excluding steroid dienone is 1. The summed E-state index contributed by atoms with van der Waals surface area (Å²) in [5.74, 6) is 0.668. The van der Waals surface area contributed by atoms with Gasteiger partial charge in [-0.2, -0.15) is 0 Å². The molecule has 4 rings (SSSR count). The van der Waals surface area contributed by atoms with Crippen molar-refractivity contribution in [3.8, 4) is 16.9 Å². The van der Waals surface area contributed by atoms with Crippen LogP contribution in [-0.2, 0) is 4.79 Å². The minimum atomic E-state index is -0.307. The lowest BCUT2D eigenvalue weighted by atomic mass is 9.99. The molecule has 2 heterocycles. The van der Waals surface area contributed by atoms with Gasteiger partial charge in [-0.1, -0.05) is 33.2 Å². The second-order valence-electron chi connectivity index (χ2n) is 6.41. The second-order valence-corrected chi connectivity index (χ2v) is 7.33. The lowest BCUT2D eigenvalue weighted by Crippen LogP contribution is -2.08. The van der Waals surface area contributed by atoms with Crippen LogP contribution in [-0.4, -0.2) is 18.2 Å². The molecule has 0 aliphatic rings. The number of aromatic nitrogens is 1. The highest BCUT2D eigenvalue weighted by Crippen LogP contribution is 2.37. The summed E-state index contributed by atoms with van der Waals surface area (Å²) in [6.45, 7) is 1.85. The zero-order valence-corrected chi connectivity index (χ0v) is 17.3. The number of nitrogens with one attached hydrogen (secondary N) is 1. The third kappa shape index (κ3) is 3.95. The van der Waals surface area contributed by atoms with Crippen LogP contribution in [0.15, 0.2) is 74.5 Å². The number of benzene rings is 2. The number of nitrogens with zero attached hydrogens (tertiary/aromatic N) is 1. The largest absolute Gasteiger partial charge is 0.496 e. The summed E-state index contributed by atoms with van der Waals surface area (Å²) in [7, 11) is 1.59. The molecule has 0 atom stereocenters. The summed E-state index contributed by atoms with van der Waals surface area (Å²) < 4.78 is 17.0. The number of rotatable bonds is 5. The molecular formula is C22H17BrN2O4. The molecule has 0 radical (unpaired) electrons. The van der Waals surface area contributed by atoms with E-state index in [2.05, 4.69) is 26.4 Å². The SMILES string of the molecule is COc1cc2occ(-c3cccc(Br)c3)c2cc1/C(C)=C/C(=O)Nc1ccon1. The number of halogens is 1. The molecule has 0 bridgehead atoms. The second kappa shape index (κ2) is 7.97. The van der Waals surface area contributed by atoms with E-state index in [1.165, 1.54) is 12.3 Å². The van der Waals surface area contributed by atoms with Crippen molar-refractivity contribution in [3.63, 3.8) is 0 Å². The number of hydrogen-bond acceptors (Lipinski definition) is 5. The van der Waals surface area contributed by atoms with Crippen molar-refractivity contribution < 1.29 is 18.5 Å². The average molecular weight is 453 g/mol. The zero-order valence-electron chi connectivity index (χ0n) is 15.7. The predicted molar refractivity (Wildman–Crippen MR) is 115 cm³/mol. The number of carbonyl (C=O) groups is 1. The number of furan rings is 1. The summed E-state index contributed by atoms with van der Waals surface area (Å²) in [6, 6.07) is 13.4. The number of carbonyl (C=O) groups excluding carboxylic acids is 1. The fraction of sp³-hybridized carbons (Fsp3) is 0.0909. The van der Waals surface area contributed by atoms with E-state index in [0.717, 1.165) is 32.1 Å². The van der Waals surface area contributed by atoms with Crippen LogP contribution in [0, 0.1) is 0 Å². The van der Waals surface area contributed by atoms with Gasteiger partial charge in [0.1, 0.15) is 17.6 Å². The Morgan fingerprint density at radius 1 is 1.24 bits per heavy atom. The standard InChI is InChI=1S/C22H17BrN2O4/c1-13(8-22(26)24-21-6-7-29-25-21)16-10-17-18(14-4-3-5-15(23)9-14)12-28-20(17)11-19(16)27-2/h3-12H,1-2H3,(H,24,25,26)/b13-8+. The van der Waals surface area contributed by atoms with Crippen LogP contribution in [0.2, 0.25) is 0 Å². The molecule has 0 saturated carbocycles. The molecule has 7 heteroatoms. The van der Waals surface area contributed by atoms with Crippen molar-refractivity contribution >= 4 is 44.2 Å². The van der Waals surface area contributed by atoms with Gasteiger partial charge in [-0.3, -0.25) is 4.79 Å². The molecule has 29 heavy (non-hydrogen) atoms. The Balaban J connectivity index is 1.75. The van der Waals surface area contributed by atoms with Crippen molar-refractivity contribution in [2.45, 2.75) is 6.92 Å². The monoisotopic (exact) mass is 452 g/mol. The summed E-state index contributed by atoms with van der Waals surface area (Å²) in [5, 5.41) is 7.26. The molecule has 0 saturated heterocycles. The van der Waals surface area contributed by atoms with Gasteiger partial charge in [0, 0.05) is 39.2 Å². The third-order valence-corrected chi connectivity index (χ3v) is 4.99. The van der Waals surface area contributed by atoms with Gasteiger partial charge in [-0.05, 0) is 36.3 Å². The first kappa shape index (κ1) is 19.0. The van der Waals surface area contributed by atoms with Gasteiger partial charge < -0.3 is 19.0 Å². The fourth-order valence-corrected chi connectivity index (χ4v) is 3.52. The molecule has 1 amide bonds. The summed E-state index contributed by atoms with van der Waals surface area (Å²) in [4.78, 5) is 12.3. The van der Waals surface area contributed by atoms with Gasteiger partial charge in [0.2, 0.25) is 5.91 Å². The van der Waals surface area contributed by atoms with E-state index in [1.54, 1.807) is 19.4 Å². The molecule has 0 aliphatic heterocycles. The lowest BCUT2D eigenvalue weighted by molar-refractivity contribution is -0.111. The van der Waals surface area contributed by atoms with Crippen LogP contribution in [0.5, 0.6) is 5.75 Å². The summed E-state index contributed by atoms with van der Waals surface area (Å²) in [5.41, 5.74) is 4.24. The average Bonchev–Trinajstić information content (AvgIpc) is 3.36. The van der Waals surface area contributed by atoms with E-state index < -0.39 is 0 Å². The van der Waals surface area contributed by atoms with Gasteiger partial charge in [-0.15, -0.1) is 0 Å². The maximum Gasteiger partial charge on any atom is 0.249 e. The van der Waals surface area contributed by atoms with Crippen molar-refractivity contribution in [3.05, 3.63) is 71.1 Å².